The van der Waals surface area contributed by atoms with E-state index in [1.807, 2.05) is 0 Å². The fourth-order valence-electron chi connectivity index (χ4n) is 2.67. The van der Waals surface area contributed by atoms with Gasteiger partial charge in [0, 0.05) is 24.3 Å². The van der Waals surface area contributed by atoms with E-state index in [1.165, 1.54) is 36.4 Å². The van der Waals surface area contributed by atoms with Crippen molar-refractivity contribution in [1.29, 1.82) is 0 Å². The highest BCUT2D eigenvalue weighted by atomic mass is 16.6. The fraction of sp³-hybridized carbons (Fsp3) is 0.176. The van der Waals surface area contributed by atoms with E-state index in [2.05, 4.69) is 4.98 Å². The van der Waals surface area contributed by atoms with Gasteiger partial charge < -0.3 is 9.30 Å². The maximum Gasteiger partial charge on any atom is 0.338 e. The zero-order valence-corrected chi connectivity index (χ0v) is 14.2. The lowest BCUT2D eigenvalue weighted by Gasteiger charge is -2.08. The number of non-ortho nitro benzene ring substituents is 2. The SMILES string of the molecule is Cc1nc2cc([N+](=O)[O-])ccc2n1CCOC(=O)c1ccc([N+](=O)[O-])cc1. The molecular weight excluding hydrogens is 356 g/mol. The number of carbonyl (C=O) groups is 1. The lowest BCUT2D eigenvalue weighted by molar-refractivity contribution is -0.385. The average molecular weight is 370 g/mol. The zero-order valence-electron chi connectivity index (χ0n) is 14.2. The van der Waals surface area contributed by atoms with Crippen LogP contribution in [0.4, 0.5) is 11.4 Å². The second kappa shape index (κ2) is 7.20. The Morgan fingerprint density at radius 2 is 1.70 bits per heavy atom. The standard InChI is InChI=1S/C17H14N4O6/c1-11-18-15-10-14(21(25)26)6-7-16(15)19(11)8-9-27-17(22)12-2-4-13(5-3-12)20(23)24/h2-7,10H,8-9H2,1H3. The molecular formula is C17H14N4O6. The first-order valence-corrected chi connectivity index (χ1v) is 7.89. The van der Waals surface area contributed by atoms with Crippen LogP contribution in [0.25, 0.3) is 11.0 Å². The molecule has 0 aliphatic carbocycles. The molecule has 3 rings (SSSR count). The number of aromatic nitrogens is 2. The van der Waals surface area contributed by atoms with Gasteiger partial charge in [-0.25, -0.2) is 9.78 Å². The molecule has 138 valence electrons. The van der Waals surface area contributed by atoms with E-state index in [1.54, 1.807) is 17.6 Å². The van der Waals surface area contributed by atoms with Gasteiger partial charge in [-0.05, 0) is 25.1 Å². The lowest BCUT2D eigenvalue weighted by atomic mass is 10.2. The van der Waals surface area contributed by atoms with Gasteiger partial charge >= 0.3 is 5.97 Å². The minimum atomic E-state index is -0.595. The Balaban J connectivity index is 1.68. The molecule has 1 heterocycles. The minimum absolute atomic E-state index is 0.0447. The van der Waals surface area contributed by atoms with Gasteiger partial charge in [-0.1, -0.05) is 0 Å². The number of ether oxygens (including phenoxy) is 1. The third-order valence-electron chi connectivity index (χ3n) is 4.00. The summed E-state index contributed by atoms with van der Waals surface area (Å²) in [4.78, 5) is 36.8. The molecule has 3 aromatic rings. The molecule has 0 unspecified atom stereocenters. The smallest absolute Gasteiger partial charge is 0.338 e. The Labute approximate surface area is 152 Å². The number of benzene rings is 2. The third kappa shape index (κ3) is 3.73. The Bertz CT molecular complexity index is 1040. The van der Waals surface area contributed by atoms with Crippen molar-refractivity contribution in [1.82, 2.24) is 9.55 Å². The number of rotatable bonds is 6. The Morgan fingerprint density at radius 1 is 1.07 bits per heavy atom. The number of esters is 1. The van der Waals surface area contributed by atoms with Crippen LogP contribution >= 0.6 is 0 Å². The molecule has 0 atom stereocenters. The van der Waals surface area contributed by atoms with Crippen molar-refractivity contribution < 1.29 is 19.4 Å². The zero-order chi connectivity index (χ0) is 19.6. The summed E-state index contributed by atoms with van der Waals surface area (Å²) in [6.07, 6.45) is 0. The van der Waals surface area contributed by atoms with E-state index in [0.29, 0.717) is 23.4 Å². The summed E-state index contributed by atoms with van der Waals surface area (Å²) < 4.78 is 7.00. The molecule has 27 heavy (non-hydrogen) atoms. The number of nitro benzene ring substituents is 2. The first-order valence-electron chi connectivity index (χ1n) is 7.89. The molecule has 0 spiro atoms. The molecule has 1 aromatic heterocycles. The summed E-state index contributed by atoms with van der Waals surface area (Å²) >= 11 is 0. The molecule has 0 amide bonds. The molecule has 0 saturated carbocycles. The summed E-state index contributed by atoms with van der Waals surface area (Å²) in [6.45, 7) is 2.13. The van der Waals surface area contributed by atoms with Gasteiger partial charge in [0.15, 0.2) is 0 Å². The number of fused-ring (bicyclic) bond motifs is 1. The maximum absolute atomic E-state index is 12.0. The highest BCUT2D eigenvalue weighted by Gasteiger charge is 2.14. The van der Waals surface area contributed by atoms with Gasteiger partial charge in [0.2, 0.25) is 0 Å². The maximum atomic E-state index is 12.0. The third-order valence-corrected chi connectivity index (χ3v) is 4.00. The molecule has 2 aromatic carbocycles. The van der Waals surface area contributed by atoms with Crippen LogP contribution in [0.2, 0.25) is 0 Å². The monoisotopic (exact) mass is 370 g/mol. The van der Waals surface area contributed by atoms with Crippen LogP contribution in [-0.4, -0.2) is 32.0 Å². The molecule has 0 aliphatic heterocycles. The van der Waals surface area contributed by atoms with Gasteiger partial charge in [0.25, 0.3) is 11.4 Å². The summed E-state index contributed by atoms with van der Waals surface area (Å²) in [5.41, 5.74) is 1.24. The first-order chi connectivity index (χ1) is 12.9. The van der Waals surface area contributed by atoms with Crippen LogP contribution in [0, 0.1) is 27.2 Å². The number of nitro groups is 2. The van der Waals surface area contributed by atoms with Gasteiger partial charge in [-0.2, -0.15) is 0 Å². The molecule has 0 saturated heterocycles. The molecule has 0 N–H and O–H groups in total. The van der Waals surface area contributed by atoms with Crippen LogP contribution in [0.15, 0.2) is 42.5 Å². The van der Waals surface area contributed by atoms with E-state index in [-0.39, 0.29) is 23.5 Å². The van der Waals surface area contributed by atoms with Gasteiger partial charge in [-0.3, -0.25) is 20.2 Å². The van der Waals surface area contributed by atoms with Crippen LogP contribution in [0.5, 0.6) is 0 Å². The number of nitrogens with zero attached hydrogens (tertiary/aromatic N) is 4. The number of imidazole rings is 1. The average Bonchev–Trinajstić information content (AvgIpc) is 2.96. The van der Waals surface area contributed by atoms with E-state index >= 15 is 0 Å². The molecule has 10 nitrogen and oxygen atoms in total. The Hall–Kier alpha value is -3.82. The van der Waals surface area contributed by atoms with Crippen LogP contribution < -0.4 is 0 Å². The van der Waals surface area contributed by atoms with E-state index in [9.17, 15) is 25.0 Å². The largest absolute Gasteiger partial charge is 0.460 e. The van der Waals surface area contributed by atoms with Crippen LogP contribution in [0.1, 0.15) is 16.2 Å². The Morgan fingerprint density at radius 3 is 2.33 bits per heavy atom. The molecule has 0 radical (unpaired) electrons. The first kappa shape index (κ1) is 18.0. The van der Waals surface area contributed by atoms with Crippen molar-refractivity contribution >= 4 is 28.4 Å². The molecule has 0 bridgehead atoms. The second-order valence-corrected chi connectivity index (χ2v) is 5.68. The summed E-state index contributed by atoms with van der Waals surface area (Å²) in [5.74, 6) is 0.0412. The summed E-state index contributed by atoms with van der Waals surface area (Å²) in [5, 5.41) is 21.5. The van der Waals surface area contributed by atoms with Crippen LogP contribution in [-0.2, 0) is 11.3 Å². The van der Waals surface area contributed by atoms with Crippen molar-refractivity contribution in [3.8, 4) is 0 Å². The van der Waals surface area contributed by atoms with Crippen molar-refractivity contribution in [2.45, 2.75) is 13.5 Å². The number of hydrogen-bond acceptors (Lipinski definition) is 7. The number of aryl methyl sites for hydroxylation is 1. The highest BCUT2D eigenvalue weighted by molar-refractivity contribution is 5.89. The lowest BCUT2D eigenvalue weighted by Crippen LogP contribution is -2.12. The number of hydrogen-bond donors (Lipinski definition) is 0. The van der Waals surface area contributed by atoms with Crippen molar-refractivity contribution in [3.63, 3.8) is 0 Å². The van der Waals surface area contributed by atoms with Crippen molar-refractivity contribution in [2.75, 3.05) is 6.61 Å². The molecule has 10 heteroatoms. The summed E-state index contributed by atoms with van der Waals surface area (Å²) in [6, 6.07) is 9.51. The quantitative estimate of drug-likeness (QED) is 0.370. The van der Waals surface area contributed by atoms with Crippen LogP contribution in [0.3, 0.4) is 0 Å². The molecule has 0 fully saturated rings. The van der Waals surface area contributed by atoms with E-state index < -0.39 is 15.8 Å². The Kier molecular flexibility index (Phi) is 4.79. The normalized spacial score (nSPS) is 10.7. The van der Waals surface area contributed by atoms with E-state index in [0.717, 1.165) is 0 Å². The number of carbonyl (C=O) groups excluding carboxylic acids is 1. The van der Waals surface area contributed by atoms with Crippen molar-refractivity contribution in [2.24, 2.45) is 0 Å². The van der Waals surface area contributed by atoms with Crippen molar-refractivity contribution in [3.05, 3.63) is 74.1 Å². The fourth-order valence-corrected chi connectivity index (χ4v) is 2.67. The van der Waals surface area contributed by atoms with E-state index in [4.69, 9.17) is 4.74 Å². The minimum Gasteiger partial charge on any atom is -0.460 e. The second-order valence-electron chi connectivity index (χ2n) is 5.68. The van der Waals surface area contributed by atoms with Gasteiger partial charge in [0.05, 0.1) is 33.0 Å². The summed E-state index contributed by atoms with van der Waals surface area (Å²) in [7, 11) is 0. The topological polar surface area (TPSA) is 130 Å². The molecule has 0 aliphatic rings. The highest BCUT2D eigenvalue weighted by Crippen LogP contribution is 2.21. The van der Waals surface area contributed by atoms with Gasteiger partial charge in [0.1, 0.15) is 12.4 Å². The predicted octanol–water partition coefficient (Wildman–Crippen LogP) is 3.02. The van der Waals surface area contributed by atoms with Gasteiger partial charge in [-0.15, -0.1) is 0 Å². The predicted molar refractivity (Wildman–Crippen MR) is 94.5 cm³/mol.